The number of carbonyl (C=O) groups is 1. The van der Waals surface area contributed by atoms with Crippen molar-refractivity contribution in [3.05, 3.63) is 11.8 Å². The van der Waals surface area contributed by atoms with Gasteiger partial charge < -0.3 is 15.8 Å². The quantitative estimate of drug-likeness (QED) is 0.767. The third kappa shape index (κ3) is 1.96. The van der Waals surface area contributed by atoms with E-state index in [0.29, 0.717) is 17.9 Å². The lowest BCUT2D eigenvalue weighted by molar-refractivity contribution is -0.00426. The summed E-state index contributed by atoms with van der Waals surface area (Å²) in [6.07, 6.45) is 0. The summed E-state index contributed by atoms with van der Waals surface area (Å²) < 4.78 is 30.1. The van der Waals surface area contributed by atoms with E-state index in [9.17, 15) is 13.6 Å². The lowest BCUT2D eigenvalue weighted by Crippen LogP contribution is -2.49. The molecular weight excluding hydrogens is 222 g/mol. The molecule has 8 heteroatoms. The highest BCUT2D eigenvalue weighted by atomic mass is 19.3. The van der Waals surface area contributed by atoms with Crippen LogP contribution < -0.4 is 11.1 Å². The second-order valence-corrected chi connectivity index (χ2v) is 3.38. The van der Waals surface area contributed by atoms with Gasteiger partial charge in [0.25, 0.3) is 5.91 Å². The van der Waals surface area contributed by atoms with Crippen molar-refractivity contribution in [1.82, 2.24) is 15.1 Å². The zero-order chi connectivity index (χ0) is 11.7. The summed E-state index contributed by atoms with van der Waals surface area (Å²) in [6.45, 7) is -2.11. The van der Waals surface area contributed by atoms with Gasteiger partial charge >= 0.3 is 6.55 Å². The first-order valence-electron chi connectivity index (χ1n) is 4.59. The largest absolute Gasteiger partial charge is 0.382 e. The number of hydrogen-bond acceptors (Lipinski definition) is 4. The molecule has 0 spiro atoms. The monoisotopic (exact) mass is 232 g/mol. The normalized spacial score (nSPS) is 16.2. The number of anilines is 1. The van der Waals surface area contributed by atoms with Gasteiger partial charge in [-0.3, -0.25) is 4.79 Å². The van der Waals surface area contributed by atoms with Crippen molar-refractivity contribution >= 4 is 11.7 Å². The lowest BCUT2D eigenvalue weighted by Gasteiger charge is -2.26. The Morgan fingerprint density at radius 1 is 1.69 bits per heavy atom. The molecule has 1 aromatic rings. The number of amides is 1. The first-order valence-corrected chi connectivity index (χ1v) is 4.59. The summed E-state index contributed by atoms with van der Waals surface area (Å²) in [5, 5.41) is 5.86. The second kappa shape index (κ2) is 4.05. The highest BCUT2D eigenvalue weighted by Crippen LogP contribution is 2.16. The topological polar surface area (TPSA) is 82.2 Å². The van der Waals surface area contributed by atoms with E-state index < -0.39 is 12.5 Å². The fourth-order valence-corrected chi connectivity index (χ4v) is 1.31. The maximum absolute atomic E-state index is 12.5. The van der Waals surface area contributed by atoms with Crippen LogP contribution in [-0.2, 0) is 4.74 Å². The van der Waals surface area contributed by atoms with Gasteiger partial charge in [0.15, 0.2) is 0 Å². The number of nitrogen functional groups attached to an aromatic ring is 1. The van der Waals surface area contributed by atoms with E-state index in [1.807, 2.05) is 0 Å². The minimum absolute atomic E-state index is 0.115. The van der Waals surface area contributed by atoms with Crippen LogP contribution in [0.4, 0.5) is 14.6 Å². The number of alkyl halides is 2. The molecule has 0 radical (unpaired) electrons. The number of nitrogens with one attached hydrogen (secondary N) is 1. The van der Waals surface area contributed by atoms with Crippen LogP contribution in [0.5, 0.6) is 0 Å². The standard InChI is InChI=1S/C8H10F2N4O2/c9-8(10)14-5(1-6(11)13-14)7(15)12-4-2-16-3-4/h1,4,8H,2-3H2,(H2,11,13)(H,12,15). The Hall–Kier alpha value is -1.70. The summed E-state index contributed by atoms with van der Waals surface area (Å²) in [5.74, 6) is -0.742. The number of carbonyl (C=O) groups excluding carboxylic acids is 1. The van der Waals surface area contributed by atoms with E-state index in [1.54, 1.807) is 0 Å². The molecule has 0 atom stereocenters. The smallest absolute Gasteiger partial charge is 0.334 e. The molecule has 1 aliphatic rings. The Kier molecular flexibility index (Phi) is 2.73. The predicted molar refractivity (Wildman–Crippen MR) is 50.0 cm³/mol. The third-order valence-corrected chi connectivity index (χ3v) is 2.15. The van der Waals surface area contributed by atoms with Crippen LogP contribution in [0.25, 0.3) is 0 Å². The molecule has 1 saturated heterocycles. The molecule has 2 heterocycles. The van der Waals surface area contributed by atoms with Gasteiger partial charge in [0.1, 0.15) is 11.5 Å². The number of ether oxygens (including phenoxy) is 1. The van der Waals surface area contributed by atoms with Crippen LogP contribution in [0.2, 0.25) is 0 Å². The van der Waals surface area contributed by atoms with Crippen molar-refractivity contribution < 1.29 is 18.3 Å². The van der Waals surface area contributed by atoms with Crippen LogP contribution >= 0.6 is 0 Å². The van der Waals surface area contributed by atoms with Gasteiger partial charge in [-0.05, 0) is 0 Å². The van der Waals surface area contributed by atoms with Gasteiger partial charge in [-0.15, -0.1) is 5.10 Å². The average molecular weight is 232 g/mol. The lowest BCUT2D eigenvalue weighted by atomic mass is 10.2. The van der Waals surface area contributed by atoms with E-state index in [4.69, 9.17) is 10.5 Å². The van der Waals surface area contributed by atoms with Gasteiger partial charge in [-0.2, -0.15) is 13.5 Å². The fraction of sp³-hybridized carbons (Fsp3) is 0.500. The predicted octanol–water partition coefficient (Wildman–Crippen LogP) is -0.0110. The Bertz CT molecular complexity index is 403. The molecule has 16 heavy (non-hydrogen) atoms. The number of hydrogen-bond donors (Lipinski definition) is 2. The van der Waals surface area contributed by atoms with Crippen molar-refractivity contribution in [3.63, 3.8) is 0 Å². The maximum Gasteiger partial charge on any atom is 0.334 e. The minimum Gasteiger partial charge on any atom is -0.382 e. The SMILES string of the molecule is Nc1cc(C(=O)NC2COC2)n(C(F)F)n1. The van der Waals surface area contributed by atoms with Crippen molar-refractivity contribution in [2.45, 2.75) is 12.6 Å². The molecule has 88 valence electrons. The van der Waals surface area contributed by atoms with Gasteiger partial charge in [-0.25, -0.2) is 0 Å². The first kappa shape index (κ1) is 10.8. The van der Waals surface area contributed by atoms with Crippen LogP contribution in [0.1, 0.15) is 17.0 Å². The van der Waals surface area contributed by atoms with Crippen molar-refractivity contribution in [2.75, 3.05) is 18.9 Å². The number of nitrogens with two attached hydrogens (primary N) is 1. The molecular formula is C8H10F2N4O2. The summed E-state index contributed by atoms with van der Waals surface area (Å²) in [7, 11) is 0. The van der Waals surface area contributed by atoms with Crippen molar-refractivity contribution in [2.24, 2.45) is 0 Å². The number of halogens is 2. The molecule has 0 aromatic carbocycles. The van der Waals surface area contributed by atoms with Crippen LogP contribution in [0, 0.1) is 0 Å². The third-order valence-electron chi connectivity index (χ3n) is 2.15. The first-order chi connectivity index (χ1) is 7.58. The van der Waals surface area contributed by atoms with E-state index in [2.05, 4.69) is 10.4 Å². The van der Waals surface area contributed by atoms with E-state index >= 15 is 0 Å². The Labute approximate surface area is 89.4 Å². The molecule has 1 aromatic heterocycles. The molecule has 0 saturated carbocycles. The van der Waals surface area contributed by atoms with Gasteiger partial charge in [0.2, 0.25) is 0 Å². The zero-order valence-electron chi connectivity index (χ0n) is 8.19. The molecule has 0 bridgehead atoms. The molecule has 0 unspecified atom stereocenters. The molecule has 3 N–H and O–H groups in total. The summed E-state index contributed by atoms with van der Waals surface area (Å²) in [4.78, 5) is 11.6. The average Bonchev–Trinajstić information content (AvgIpc) is 2.53. The van der Waals surface area contributed by atoms with E-state index in [0.717, 1.165) is 6.07 Å². The fourth-order valence-electron chi connectivity index (χ4n) is 1.31. The zero-order valence-corrected chi connectivity index (χ0v) is 8.19. The molecule has 6 nitrogen and oxygen atoms in total. The van der Waals surface area contributed by atoms with Gasteiger partial charge in [0.05, 0.1) is 19.3 Å². The number of rotatable bonds is 3. The molecule has 1 aliphatic heterocycles. The molecule has 1 amide bonds. The van der Waals surface area contributed by atoms with Gasteiger partial charge in [-0.1, -0.05) is 0 Å². The Morgan fingerprint density at radius 2 is 2.38 bits per heavy atom. The molecule has 1 fully saturated rings. The maximum atomic E-state index is 12.5. The second-order valence-electron chi connectivity index (χ2n) is 3.38. The Morgan fingerprint density at radius 3 is 2.88 bits per heavy atom. The van der Waals surface area contributed by atoms with Gasteiger partial charge in [0, 0.05) is 6.07 Å². The summed E-state index contributed by atoms with van der Waals surface area (Å²) >= 11 is 0. The van der Waals surface area contributed by atoms with Crippen LogP contribution in [0.3, 0.4) is 0 Å². The highest BCUT2D eigenvalue weighted by Gasteiger charge is 2.25. The van der Waals surface area contributed by atoms with Crippen molar-refractivity contribution in [1.29, 1.82) is 0 Å². The summed E-state index contributed by atoms with van der Waals surface area (Å²) in [6, 6.07) is 0.982. The van der Waals surface area contributed by atoms with E-state index in [-0.39, 0.29) is 17.6 Å². The molecule has 0 aliphatic carbocycles. The summed E-state index contributed by atoms with van der Waals surface area (Å²) in [5.41, 5.74) is 5.01. The highest BCUT2D eigenvalue weighted by molar-refractivity contribution is 5.93. The van der Waals surface area contributed by atoms with Crippen LogP contribution in [0.15, 0.2) is 6.07 Å². The molecule has 2 rings (SSSR count). The van der Waals surface area contributed by atoms with E-state index in [1.165, 1.54) is 0 Å². The Balaban J connectivity index is 2.14. The minimum atomic E-state index is -2.89. The van der Waals surface area contributed by atoms with Crippen LogP contribution in [-0.4, -0.2) is 34.9 Å². The number of nitrogens with zero attached hydrogens (tertiary/aromatic N) is 2. The van der Waals surface area contributed by atoms with Crippen molar-refractivity contribution in [3.8, 4) is 0 Å². The number of aromatic nitrogens is 2.